The van der Waals surface area contributed by atoms with Crippen LogP contribution in [0.4, 0.5) is 35.9 Å². The molecule has 2 aromatic heterocycles. The van der Waals surface area contributed by atoms with Gasteiger partial charge in [-0.1, -0.05) is 50.2 Å². The number of hydrogen-bond acceptors (Lipinski definition) is 8. The molecule has 4 atom stereocenters. The number of nitrogens with one attached hydrogen (secondary N) is 4. The van der Waals surface area contributed by atoms with E-state index < -0.39 is 54.5 Å². The normalized spacial score (nSPS) is 18.1. The number of imidazole rings is 2. The fourth-order valence-corrected chi connectivity index (χ4v) is 8.31. The van der Waals surface area contributed by atoms with Crippen LogP contribution in [0.5, 0.6) is 0 Å². The number of methoxy groups -OCH3 is 2. The molecule has 2 saturated heterocycles. The molecular formula is C42H44F6N8O6. The molecule has 0 aliphatic carbocycles. The quantitative estimate of drug-likeness (QED) is 0.102. The number of rotatable bonds is 10. The van der Waals surface area contributed by atoms with Gasteiger partial charge in [-0.3, -0.25) is 9.59 Å². The lowest BCUT2D eigenvalue weighted by Crippen LogP contribution is -2.59. The lowest BCUT2D eigenvalue weighted by Gasteiger charge is -2.34. The molecule has 5 aromatic rings. The number of alkyl halides is 6. The summed E-state index contributed by atoms with van der Waals surface area (Å²) in [4.78, 5) is 69.5. The number of carbonyl (C=O) groups excluding carboxylic acids is 4. The van der Waals surface area contributed by atoms with E-state index in [9.17, 15) is 45.5 Å². The molecule has 0 saturated carbocycles. The number of aromatic nitrogens is 4. The van der Waals surface area contributed by atoms with Crippen LogP contribution in [0.25, 0.3) is 44.3 Å². The van der Waals surface area contributed by atoms with Crippen LogP contribution in [0.3, 0.4) is 0 Å². The molecule has 4 amide bonds. The van der Waals surface area contributed by atoms with E-state index in [-0.39, 0.29) is 43.1 Å². The summed E-state index contributed by atoms with van der Waals surface area (Å²) >= 11 is 0. The second-order valence-corrected chi connectivity index (χ2v) is 15.7. The van der Waals surface area contributed by atoms with Crippen molar-refractivity contribution >= 4 is 46.1 Å². The van der Waals surface area contributed by atoms with Crippen molar-refractivity contribution in [2.45, 2.75) is 76.1 Å². The zero-order valence-corrected chi connectivity index (χ0v) is 34.0. The lowest BCUT2D eigenvalue weighted by molar-refractivity contribution is -0.290. The van der Waals surface area contributed by atoms with Gasteiger partial charge < -0.3 is 39.9 Å². The number of aromatic amines is 2. The zero-order chi connectivity index (χ0) is 44.7. The first kappa shape index (κ1) is 43.7. The Hall–Kier alpha value is -6.34. The van der Waals surface area contributed by atoms with Gasteiger partial charge in [0.2, 0.25) is 11.8 Å². The first-order valence-corrected chi connectivity index (χ1v) is 19.9. The zero-order valence-electron chi connectivity index (χ0n) is 34.0. The highest BCUT2D eigenvalue weighted by Gasteiger charge is 2.63. The number of amides is 4. The van der Waals surface area contributed by atoms with E-state index in [1.54, 1.807) is 17.0 Å². The minimum absolute atomic E-state index is 0.162. The van der Waals surface area contributed by atoms with Crippen LogP contribution in [0, 0.1) is 11.8 Å². The molecule has 2 aliphatic rings. The summed E-state index contributed by atoms with van der Waals surface area (Å²) in [5.41, 5.74) is 5.94. The Morgan fingerprint density at radius 1 is 0.645 bits per heavy atom. The minimum Gasteiger partial charge on any atom is -0.453 e. The van der Waals surface area contributed by atoms with Crippen molar-refractivity contribution < 1.29 is 55.0 Å². The van der Waals surface area contributed by atoms with Crippen molar-refractivity contribution in [1.29, 1.82) is 0 Å². The first-order chi connectivity index (χ1) is 29.4. The summed E-state index contributed by atoms with van der Waals surface area (Å²) in [6, 6.07) is 13.9. The second-order valence-electron chi connectivity index (χ2n) is 15.7. The smallest absolute Gasteiger partial charge is 0.407 e. The molecule has 2 fully saturated rings. The van der Waals surface area contributed by atoms with Crippen LogP contribution in [0.1, 0.15) is 63.3 Å². The number of H-pyrrole nitrogens is 2. The molecule has 62 heavy (non-hydrogen) atoms. The summed E-state index contributed by atoms with van der Waals surface area (Å²) in [7, 11) is 2.01. The van der Waals surface area contributed by atoms with E-state index in [0.29, 0.717) is 29.8 Å². The summed E-state index contributed by atoms with van der Waals surface area (Å²) < 4.78 is 91.8. The van der Waals surface area contributed by atoms with Crippen LogP contribution in [0.2, 0.25) is 0 Å². The average Bonchev–Trinajstić information content (AvgIpc) is 4.06. The average molecular weight is 871 g/mol. The number of carbonyl (C=O) groups is 4. The number of likely N-dealkylation sites (tertiary alicyclic amines) is 2. The first-order valence-electron chi connectivity index (χ1n) is 19.9. The van der Waals surface area contributed by atoms with Gasteiger partial charge in [0.25, 0.3) is 0 Å². The number of benzene rings is 3. The summed E-state index contributed by atoms with van der Waals surface area (Å²) in [6.07, 6.45) is -12.2. The molecule has 3 aromatic carbocycles. The summed E-state index contributed by atoms with van der Waals surface area (Å²) in [5.74, 6) is -5.29. The molecule has 20 heteroatoms. The van der Waals surface area contributed by atoms with Gasteiger partial charge in [-0.2, -0.15) is 26.3 Å². The molecule has 4 unspecified atom stereocenters. The van der Waals surface area contributed by atoms with E-state index in [1.165, 1.54) is 12.4 Å². The fourth-order valence-electron chi connectivity index (χ4n) is 8.31. The molecule has 2 aliphatic heterocycles. The Bertz CT molecular complexity index is 2450. The van der Waals surface area contributed by atoms with Gasteiger partial charge >= 0.3 is 24.5 Å². The molecule has 14 nitrogen and oxygen atoms in total. The van der Waals surface area contributed by atoms with Crippen LogP contribution in [0.15, 0.2) is 60.7 Å². The minimum atomic E-state index is -5.91. The van der Waals surface area contributed by atoms with Crippen molar-refractivity contribution in [2.75, 3.05) is 27.3 Å². The highest BCUT2D eigenvalue weighted by molar-refractivity contribution is 5.89. The molecular weight excluding hydrogens is 827 g/mol. The monoisotopic (exact) mass is 870 g/mol. The van der Waals surface area contributed by atoms with Crippen LogP contribution >= 0.6 is 0 Å². The molecule has 4 heterocycles. The van der Waals surface area contributed by atoms with Gasteiger partial charge in [0.05, 0.1) is 48.4 Å². The number of nitrogens with zero attached hydrogens (tertiary/aromatic N) is 4. The predicted octanol–water partition coefficient (Wildman–Crippen LogP) is 7.95. The number of halogens is 6. The van der Waals surface area contributed by atoms with Crippen molar-refractivity contribution in [2.24, 2.45) is 11.8 Å². The van der Waals surface area contributed by atoms with Gasteiger partial charge in [-0.15, -0.1) is 0 Å². The molecule has 7 rings (SSSR count). The van der Waals surface area contributed by atoms with E-state index >= 15 is 0 Å². The third-order valence-corrected chi connectivity index (χ3v) is 11.4. The number of fused-ring (bicyclic) bond motifs is 2. The third kappa shape index (κ3) is 8.85. The van der Waals surface area contributed by atoms with Crippen molar-refractivity contribution in [3.63, 3.8) is 0 Å². The molecule has 0 radical (unpaired) electrons. The maximum absolute atomic E-state index is 13.8. The van der Waals surface area contributed by atoms with E-state index in [0.717, 1.165) is 51.7 Å². The van der Waals surface area contributed by atoms with E-state index in [1.807, 2.05) is 62.4 Å². The van der Waals surface area contributed by atoms with Crippen molar-refractivity contribution in [1.82, 2.24) is 40.4 Å². The highest BCUT2D eigenvalue weighted by Crippen LogP contribution is 2.43. The van der Waals surface area contributed by atoms with Crippen LogP contribution in [-0.4, -0.2) is 105 Å². The van der Waals surface area contributed by atoms with Crippen LogP contribution < -0.4 is 10.6 Å². The summed E-state index contributed by atoms with van der Waals surface area (Å²) in [6.45, 7) is 4.08. The Morgan fingerprint density at radius 3 is 1.42 bits per heavy atom. The van der Waals surface area contributed by atoms with Crippen molar-refractivity contribution in [3.8, 4) is 22.3 Å². The van der Waals surface area contributed by atoms with Gasteiger partial charge in [-0.25, -0.2) is 19.6 Å². The topological polar surface area (TPSA) is 175 Å². The van der Waals surface area contributed by atoms with Gasteiger partial charge in [0, 0.05) is 13.1 Å². The third-order valence-electron chi connectivity index (χ3n) is 11.4. The number of ether oxygens (including phenoxy) is 2. The van der Waals surface area contributed by atoms with Crippen molar-refractivity contribution in [3.05, 3.63) is 72.3 Å². The van der Waals surface area contributed by atoms with E-state index in [4.69, 9.17) is 9.72 Å². The largest absolute Gasteiger partial charge is 0.453 e. The molecule has 0 spiro atoms. The number of alkyl carbamates (subject to hydrolysis) is 2. The Morgan fingerprint density at radius 2 is 1.03 bits per heavy atom. The van der Waals surface area contributed by atoms with Gasteiger partial charge in [0.15, 0.2) is 5.92 Å². The number of hydrogen-bond donors (Lipinski definition) is 4. The van der Waals surface area contributed by atoms with Gasteiger partial charge in [0.1, 0.15) is 23.7 Å². The van der Waals surface area contributed by atoms with Gasteiger partial charge in [-0.05, 0) is 78.1 Å². The summed E-state index contributed by atoms with van der Waals surface area (Å²) in [5, 5.41) is 4.14. The standard InChI is InChI=1S/C42H44F6N8O6/c1-21(2)32(53-39(59)61-3)37(57)55-17-5-7-30(55)35-49-26-15-13-24(19-28(26)51-35)22-9-11-23(12-10-22)25-14-16-27-29(20-25)52-36(50-27)31-8-6-18-56(31)38(58)33(54-40(60)62-4)34(41(43,44)45)42(46,47)48/h9-16,19-21,30-34H,5-8,17-18H2,1-4H3,(H,49,51)(H,50,52)(H,53,59)(H,54,60). The van der Waals surface area contributed by atoms with Crippen LogP contribution in [-0.2, 0) is 19.1 Å². The second kappa shape index (κ2) is 17.2. The maximum atomic E-state index is 13.8. The maximum Gasteiger partial charge on any atom is 0.407 e. The van der Waals surface area contributed by atoms with E-state index in [2.05, 4.69) is 25.0 Å². The Kier molecular flexibility index (Phi) is 12.1. The fraction of sp³-hybridized carbons (Fsp3) is 0.429. The Balaban J connectivity index is 1.08. The lowest BCUT2D eigenvalue weighted by atomic mass is 9.96. The molecule has 0 bridgehead atoms. The predicted molar refractivity (Wildman–Crippen MR) is 213 cm³/mol. The SMILES string of the molecule is COC(=O)NC(C(=O)N1CCCC1c1nc2ccc(-c3ccc(-c4ccc5nc(C6CCCN6C(=O)C(NC(=O)OC)C(C(F)(F)F)C(F)(F)F)[nH]c5c4)cc3)cc2[nH]1)C(C)C. The molecule has 330 valence electrons. The highest BCUT2D eigenvalue weighted by atomic mass is 19.4. The molecule has 4 N–H and O–H groups in total. The Labute approximate surface area is 350 Å².